The van der Waals surface area contributed by atoms with Crippen LogP contribution in [0, 0.1) is 5.41 Å². The van der Waals surface area contributed by atoms with Gasteiger partial charge in [-0.3, -0.25) is 4.79 Å². The van der Waals surface area contributed by atoms with Crippen molar-refractivity contribution in [3.05, 3.63) is 0 Å². The second-order valence-electron chi connectivity index (χ2n) is 5.35. The van der Waals surface area contributed by atoms with Crippen molar-refractivity contribution in [2.75, 3.05) is 18.1 Å². The summed E-state index contributed by atoms with van der Waals surface area (Å²) in [4.78, 5) is 14.0. The van der Waals surface area contributed by atoms with Crippen LogP contribution >= 0.6 is 23.2 Å². The first-order valence-corrected chi connectivity index (χ1v) is 8.98. The maximum atomic E-state index is 12.5. The van der Waals surface area contributed by atoms with E-state index in [4.69, 9.17) is 23.2 Å². The summed E-state index contributed by atoms with van der Waals surface area (Å²) in [7, 11) is -3.12. The Balaban J connectivity index is 2.82. The van der Waals surface area contributed by atoms with Gasteiger partial charge in [0.05, 0.1) is 11.2 Å². The SMILES string of the molecule is CCN(C(=O)[C@@]1(C)CC1(Cl)Cl)[C@H](C)CS(=O)(=O)CC. The van der Waals surface area contributed by atoms with Gasteiger partial charge >= 0.3 is 0 Å². The average molecular weight is 330 g/mol. The van der Waals surface area contributed by atoms with Gasteiger partial charge in [-0.2, -0.15) is 0 Å². The standard InChI is InChI=1S/C12H21Cl2NO3S/c1-5-15(9(3)7-19(17,18)6-2)10(16)11(4)8-12(11,13)14/h9H,5-8H2,1-4H3/t9-,11-/m1/s1. The zero-order valence-electron chi connectivity index (χ0n) is 11.7. The zero-order chi connectivity index (χ0) is 15.1. The Hall–Kier alpha value is -0.000000000000000111. The summed E-state index contributed by atoms with van der Waals surface area (Å²) in [5.41, 5.74) is -0.795. The van der Waals surface area contributed by atoms with Gasteiger partial charge in [0.2, 0.25) is 5.91 Å². The molecular formula is C12H21Cl2NO3S. The van der Waals surface area contributed by atoms with Crippen LogP contribution in [0.1, 0.15) is 34.1 Å². The van der Waals surface area contributed by atoms with Crippen LogP contribution in [0.2, 0.25) is 0 Å². The summed E-state index contributed by atoms with van der Waals surface area (Å²) < 4.78 is 22.3. The highest BCUT2D eigenvalue weighted by molar-refractivity contribution is 7.91. The van der Waals surface area contributed by atoms with E-state index in [0.29, 0.717) is 13.0 Å². The summed E-state index contributed by atoms with van der Waals surface area (Å²) in [5.74, 6) is -0.120. The molecule has 1 saturated carbocycles. The molecule has 4 nitrogen and oxygen atoms in total. The molecule has 1 rings (SSSR count). The second-order valence-corrected chi connectivity index (χ2v) is 9.23. The molecule has 1 amide bonds. The van der Waals surface area contributed by atoms with Crippen LogP contribution < -0.4 is 0 Å². The molecule has 1 aliphatic carbocycles. The van der Waals surface area contributed by atoms with Crippen LogP contribution in [0.15, 0.2) is 0 Å². The quantitative estimate of drug-likeness (QED) is 0.702. The van der Waals surface area contributed by atoms with Crippen molar-refractivity contribution in [3.8, 4) is 0 Å². The lowest BCUT2D eigenvalue weighted by Gasteiger charge is -2.31. The van der Waals surface area contributed by atoms with E-state index in [1.54, 1.807) is 25.7 Å². The molecule has 0 aromatic heterocycles. The number of hydrogen-bond acceptors (Lipinski definition) is 3. The highest BCUT2D eigenvalue weighted by Crippen LogP contribution is 2.64. The van der Waals surface area contributed by atoms with Crippen LogP contribution in [-0.4, -0.2) is 47.7 Å². The van der Waals surface area contributed by atoms with Crippen LogP contribution in [0.25, 0.3) is 0 Å². The molecular weight excluding hydrogens is 309 g/mol. The van der Waals surface area contributed by atoms with Gasteiger partial charge in [-0.15, -0.1) is 23.2 Å². The first kappa shape index (κ1) is 17.1. The van der Waals surface area contributed by atoms with E-state index in [2.05, 4.69) is 0 Å². The fourth-order valence-corrected chi connectivity index (χ4v) is 4.03. The van der Waals surface area contributed by atoms with Gasteiger partial charge in [0.1, 0.15) is 4.33 Å². The lowest BCUT2D eigenvalue weighted by atomic mass is 10.1. The number of rotatable bonds is 6. The Morgan fingerprint density at radius 3 is 2.16 bits per heavy atom. The number of hydrogen-bond donors (Lipinski definition) is 0. The van der Waals surface area contributed by atoms with Crippen molar-refractivity contribution < 1.29 is 13.2 Å². The van der Waals surface area contributed by atoms with Gasteiger partial charge in [0.25, 0.3) is 0 Å². The minimum absolute atomic E-state index is 0.0310. The van der Waals surface area contributed by atoms with Crippen LogP contribution in [0.4, 0.5) is 0 Å². The van der Waals surface area contributed by atoms with Gasteiger partial charge in [0.15, 0.2) is 9.84 Å². The molecule has 0 aromatic rings. The zero-order valence-corrected chi connectivity index (χ0v) is 14.1. The Kier molecular flexibility index (Phi) is 4.86. The van der Waals surface area contributed by atoms with Crippen LogP contribution in [-0.2, 0) is 14.6 Å². The number of amides is 1. The van der Waals surface area contributed by atoms with E-state index in [1.165, 1.54) is 0 Å². The molecule has 112 valence electrons. The van der Waals surface area contributed by atoms with E-state index < -0.39 is 19.6 Å². The molecule has 0 radical (unpaired) electrons. The Morgan fingerprint density at radius 1 is 1.37 bits per heavy atom. The van der Waals surface area contributed by atoms with Crippen molar-refractivity contribution in [2.45, 2.75) is 44.5 Å². The number of carbonyl (C=O) groups excluding carboxylic acids is 1. The van der Waals surface area contributed by atoms with E-state index in [-0.39, 0.29) is 23.5 Å². The molecule has 1 aliphatic rings. The summed E-state index contributed by atoms with van der Waals surface area (Å²) in [5, 5.41) is 0. The van der Waals surface area contributed by atoms with Crippen molar-refractivity contribution >= 4 is 38.9 Å². The topological polar surface area (TPSA) is 54.5 Å². The molecule has 1 fully saturated rings. The number of halogens is 2. The lowest BCUT2D eigenvalue weighted by Crippen LogP contribution is -2.46. The third-order valence-electron chi connectivity index (χ3n) is 3.80. The Morgan fingerprint density at radius 2 is 1.84 bits per heavy atom. The maximum Gasteiger partial charge on any atom is 0.231 e. The van der Waals surface area contributed by atoms with E-state index in [0.717, 1.165) is 0 Å². The van der Waals surface area contributed by atoms with E-state index in [9.17, 15) is 13.2 Å². The smallest absolute Gasteiger partial charge is 0.231 e. The number of carbonyl (C=O) groups is 1. The van der Waals surface area contributed by atoms with Crippen LogP contribution in [0.3, 0.4) is 0 Å². The molecule has 0 aromatic carbocycles. The Bertz CT molecular complexity index is 464. The Labute approximate surface area is 125 Å². The lowest BCUT2D eigenvalue weighted by molar-refractivity contribution is -0.137. The highest BCUT2D eigenvalue weighted by atomic mass is 35.5. The third-order valence-corrected chi connectivity index (χ3v) is 6.77. The van der Waals surface area contributed by atoms with Gasteiger partial charge < -0.3 is 4.90 Å². The minimum Gasteiger partial charge on any atom is -0.339 e. The molecule has 0 bridgehead atoms. The highest BCUT2D eigenvalue weighted by Gasteiger charge is 2.68. The van der Waals surface area contributed by atoms with Crippen molar-refractivity contribution in [1.82, 2.24) is 4.90 Å². The van der Waals surface area contributed by atoms with Gasteiger partial charge in [0, 0.05) is 18.3 Å². The second kappa shape index (κ2) is 5.41. The number of nitrogens with zero attached hydrogens (tertiary/aromatic N) is 1. The van der Waals surface area contributed by atoms with Gasteiger partial charge in [-0.25, -0.2) is 8.42 Å². The minimum atomic E-state index is -3.12. The fourth-order valence-electron chi connectivity index (χ4n) is 2.18. The molecule has 0 unspecified atom stereocenters. The summed E-state index contributed by atoms with van der Waals surface area (Å²) in [6.45, 7) is 7.33. The van der Waals surface area contributed by atoms with Crippen molar-refractivity contribution in [2.24, 2.45) is 5.41 Å². The molecule has 0 spiro atoms. The largest absolute Gasteiger partial charge is 0.339 e. The first-order chi connectivity index (χ1) is 8.50. The third kappa shape index (κ3) is 3.37. The average Bonchev–Trinajstić information content (AvgIpc) is 2.79. The maximum absolute atomic E-state index is 12.5. The monoisotopic (exact) mass is 329 g/mol. The van der Waals surface area contributed by atoms with Crippen molar-refractivity contribution in [1.29, 1.82) is 0 Å². The normalized spacial score (nSPS) is 26.8. The first-order valence-electron chi connectivity index (χ1n) is 6.40. The van der Waals surface area contributed by atoms with E-state index in [1.807, 2.05) is 6.92 Å². The van der Waals surface area contributed by atoms with Gasteiger partial charge in [-0.05, 0) is 27.2 Å². The molecule has 0 saturated heterocycles. The number of alkyl halides is 2. The molecule has 0 aliphatic heterocycles. The number of sulfone groups is 1. The summed E-state index contributed by atoms with van der Waals surface area (Å²) >= 11 is 12.0. The van der Waals surface area contributed by atoms with Gasteiger partial charge in [-0.1, -0.05) is 6.92 Å². The molecule has 0 N–H and O–H groups in total. The van der Waals surface area contributed by atoms with Crippen LogP contribution in [0.5, 0.6) is 0 Å². The molecule has 0 heterocycles. The molecule has 7 heteroatoms. The summed E-state index contributed by atoms with van der Waals surface area (Å²) in [6.07, 6.45) is 0.408. The fraction of sp³-hybridized carbons (Fsp3) is 0.917. The summed E-state index contributed by atoms with van der Waals surface area (Å²) in [6, 6.07) is -0.371. The molecule has 19 heavy (non-hydrogen) atoms. The predicted molar refractivity (Wildman–Crippen MR) is 78.3 cm³/mol. The van der Waals surface area contributed by atoms with Crippen molar-refractivity contribution in [3.63, 3.8) is 0 Å². The molecule has 2 atom stereocenters. The predicted octanol–water partition coefficient (Wildman–Crippen LogP) is 2.24. The van der Waals surface area contributed by atoms with E-state index >= 15 is 0 Å².